The molecule has 0 N–H and O–H groups in total. The van der Waals surface area contributed by atoms with Gasteiger partial charge in [-0.3, -0.25) is 0 Å². The number of allylic oxidation sites excluding steroid dienone is 1. The third kappa shape index (κ3) is 2.48. The molecular weight excluding hydrogens is 298 g/mol. The molecule has 1 atom stereocenters. The molecule has 0 aromatic heterocycles. The van der Waals surface area contributed by atoms with E-state index >= 15 is 0 Å². The van der Waals surface area contributed by atoms with Crippen LogP contribution in [0.2, 0.25) is 0 Å². The Morgan fingerprint density at radius 2 is 2.00 bits per heavy atom. The quantitative estimate of drug-likeness (QED) is 0.792. The molecule has 1 fully saturated rings. The minimum atomic E-state index is -0.130. The van der Waals surface area contributed by atoms with E-state index in [9.17, 15) is 4.79 Å². The second-order valence-corrected chi connectivity index (χ2v) is 6.60. The summed E-state index contributed by atoms with van der Waals surface area (Å²) in [6, 6.07) is 14.8. The average Bonchev–Trinajstić information content (AvgIpc) is 3.01. The number of piperidine rings is 1. The summed E-state index contributed by atoms with van der Waals surface area (Å²) in [7, 11) is 0. The Kier molecular flexibility index (Phi) is 4.01. The number of benzene rings is 2. The van der Waals surface area contributed by atoms with Crippen molar-refractivity contribution in [2.75, 3.05) is 19.7 Å². The lowest BCUT2D eigenvalue weighted by Crippen LogP contribution is -2.26. The smallest absolute Gasteiger partial charge is 0.336 e. The molecule has 2 aliphatic heterocycles. The topological polar surface area (TPSA) is 29.5 Å². The molecule has 4 rings (SSSR count). The van der Waals surface area contributed by atoms with Crippen molar-refractivity contribution >= 4 is 16.7 Å². The number of ether oxygens (including phenoxy) is 1. The maximum absolute atomic E-state index is 12.7. The minimum absolute atomic E-state index is 0.114. The Morgan fingerprint density at radius 1 is 1.17 bits per heavy atom. The van der Waals surface area contributed by atoms with Gasteiger partial charge in [-0.2, -0.15) is 0 Å². The molecule has 3 heteroatoms. The number of esters is 1. The summed E-state index contributed by atoms with van der Waals surface area (Å²) in [6.45, 7) is 4.26. The van der Waals surface area contributed by atoms with Crippen LogP contribution in [-0.4, -0.2) is 30.6 Å². The van der Waals surface area contributed by atoms with E-state index < -0.39 is 0 Å². The first kappa shape index (κ1) is 15.3. The highest BCUT2D eigenvalue weighted by Crippen LogP contribution is 2.42. The van der Waals surface area contributed by atoms with Crippen LogP contribution in [-0.2, 0) is 9.53 Å². The molecule has 0 radical (unpaired) electrons. The van der Waals surface area contributed by atoms with Gasteiger partial charge in [0.2, 0.25) is 0 Å². The van der Waals surface area contributed by atoms with Gasteiger partial charge in [0.25, 0.3) is 0 Å². The Hall–Kier alpha value is -2.29. The molecule has 1 unspecified atom stereocenters. The van der Waals surface area contributed by atoms with Gasteiger partial charge in [0.15, 0.2) is 0 Å². The number of carbonyl (C=O) groups is 1. The Morgan fingerprint density at radius 3 is 2.88 bits per heavy atom. The predicted octanol–water partition coefficient (Wildman–Crippen LogP) is 4.24. The fourth-order valence-electron chi connectivity index (χ4n) is 4.18. The lowest BCUT2D eigenvalue weighted by molar-refractivity contribution is -0.138. The van der Waals surface area contributed by atoms with E-state index in [0.29, 0.717) is 6.61 Å². The second kappa shape index (κ2) is 6.31. The van der Waals surface area contributed by atoms with Crippen LogP contribution >= 0.6 is 0 Å². The van der Waals surface area contributed by atoms with E-state index in [1.54, 1.807) is 0 Å². The molecule has 3 nitrogen and oxygen atoms in total. The Bertz CT molecular complexity index is 803. The summed E-state index contributed by atoms with van der Waals surface area (Å²) in [4.78, 5) is 15.1. The normalized spacial score (nSPS) is 20.4. The molecule has 0 amide bonds. The van der Waals surface area contributed by atoms with Gasteiger partial charge in [-0.1, -0.05) is 42.5 Å². The van der Waals surface area contributed by atoms with E-state index in [-0.39, 0.29) is 11.9 Å². The predicted molar refractivity (Wildman–Crippen MR) is 95.8 cm³/mol. The zero-order valence-corrected chi connectivity index (χ0v) is 14.1. The molecule has 0 bridgehead atoms. The number of nitrogens with zero attached hydrogens (tertiary/aromatic N) is 1. The van der Waals surface area contributed by atoms with Crippen LogP contribution in [0, 0.1) is 0 Å². The van der Waals surface area contributed by atoms with Crippen LogP contribution in [0.25, 0.3) is 10.8 Å². The molecule has 0 spiro atoms. The van der Waals surface area contributed by atoms with Crippen molar-refractivity contribution in [3.8, 4) is 0 Å². The van der Waals surface area contributed by atoms with Crippen LogP contribution < -0.4 is 0 Å². The van der Waals surface area contributed by atoms with E-state index in [4.69, 9.17) is 4.74 Å². The molecular formula is C21H23NO2. The van der Waals surface area contributed by atoms with Crippen molar-refractivity contribution in [3.63, 3.8) is 0 Å². The summed E-state index contributed by atoms with van der Waals surface area (Å²) >= 11 is 0. The molecule has 2 aliphatic rings. The van der Waals surface area contributed by atoms with Crippen molar-refractivity contribution in [3.05, 3.63) is 59.3 Å². The van der Waals surface area contributed by atoms with Crippen molar-refractivity contribution < 1.29 is 9.53 Å². The van der Waals surface area contributed by atoms with Crippen LogP contribution in [0.4, 0.5) is 0 Å². The standard InChI is InChI=1S/C21H23NO2/c1-2-24-21(23)20-18(14-22-13-6-5-12-19(20)22)17-11-7-9-15-8-3-4-10-16(15)17/h3-4,7-11,18H,2,5-6,12-14H2,1H3. The van der Waals surface area contributed by atoms with Gasteiger partial charge in [-0.15, -0.1) is 0 Å². The van der Waals surface area contributed by atoms with Gasteiger partial charge in [0.1, 0.15) is 0 Å². The van der Waals surface area contributed by atoms with Gasteiger partial charge in [-0.05, 0) is 42.5 Å². The van der Waals surface area contributed by atoms with Crippen LogP contribution in [0.3, 0.4) is 0 Å². The maximum atomic E-state index is 12.7. The molecule has 124 valence electrons. The van der Waals surface area contributed by atoms with Gasteiger partial charge >= 0.3 is 5.97 Å². The van der Waals surface area contributed by atoms with E-state index in [1.165, 1.54) is 28.5 Å². The van der Waals surface area contributed by atoms with Crippen molar-refractivity contribution in [1.29, 1.82) is 0 Å². The van der Waals surface area contributed by atoms with E-state index in [1.807, 2.05) is 6.92 Å². The van der Waals surface area contributed by atoms with Crippen LogP contribution in [0.15, 0.2) is 53.7 Å². The van der Waals surface area contributed by atoms with Crippen LogP contribution in [0.5, 0.6) is 0 Å². The highest BCUT2D eigenvalue weighted by atomic mass is 16.5. The Balaban J connectivity index is 1.84. The summed E-state index contributed by atoms with van der Waals surface area (Å²) in [5, 5.41) is 2.47. The zero-order valence-electron chi connectivity index (χ0n) is 14.1. The monoisotopic (exact) mass is 321 g/mol. The third-order valence-corrected chi connectivity index (χ3v) is 5.23. The average molecular weight is 321 g/mol. The van der Waals surface area contributed by atoms with Gasteiger partial charge in [0.05, 0.1) is 12.2 Å². The number of rotatable bonds is 3. The number of hydrogen-bond acceptors (Lipinski definition) is 3. The number of hydrogen-bond donors (Lipinski definition) is 0. The van der Waals surface area contributed by atoms with Gasteiger partial charge < -0.3 is 9.64 Å². The van der Waals surface area contributed by atoms with Gasteiger partial charge in [0, 0.05) is 24.7 Å². The minimum Gasteiger partial charge on any atom is -0.463 e. The van der Waals surface area contributed by atoms with E-state index in [2.05, 4.69) is 47.4 Å². The lowest BCUT2D eigenvalue weighted by atomic mass is 9.88. The number of carbonyl (C=O) groups excluding carboxylic acids is 1. The summed E-state index contributed by atoms with van der Waals surface area (Å²) in [6.07, 6.45) is 3.37. The molecule has 2 heterocycles. The summed E-state index contributed by atoms with van der Waals surface area (Å²) < 4.78 is 5.42. The van der Waals surface area contributed by atoms with Crippen molar-refractivity contribution in [2.45, 2.75) is 32.1 Å². The summed E-state index contributed by atoms with van der Waals surface area (Å²) in [5.74, 6) is -0.0157. The first-order valence-corrected chi connectivity index (χ1v) is 8.92. The summed E-state index contributed by atoms with van der Waals surface area (Å²) in [5.41, 5.74) is 3.36. The maximum Gasteiger partial charge on any atom is 0.336 e. The molecule has 1 saturated heterocycles. The first-order chi connectivity index (χ1) is 11.8. The second-order valence-electron chi connectivity index (χ2n) is 6.60. The third-order valence-electron chi connectivity index (χ3n) is 5.23. The number of fused-ring (bicyclic) bond motifs is 2. The van der Waals surface area contributed by atoms with Crippen LogP contribution in [0.1, 0.15) is 37.7 Å². The molecule has 0 aliphatic carbocycles. The fourth-order valence-corrected chi connectivity index (χ4v) is 4.18. The highest BCUT2D eigenvalue weighted by molar-refractivity contribution is 5.94. The Labute approximate surface area is 142 Å². The molecule has 24 heavy (non-hydrogen) atoms. The van der Waals surface area contributed by atoms with Crippen molar-refractivity contribution in [1.82, 2.24) is 4.90 Å². The molecule has 2 aromatic rings. The highest BCUT2D eigenvalue weighted by Gasteiger charge is 2.38. The lowest BCUT2D eigenvalue weighted by Gasteiger charge is -2.27. The SMILES string of the molecule is CCOC(=O)C1=C2CCCCN2CC1c1cccc2ccccc12. The van der Waals surface area contributed by atoms with Crippen molar-refractivity contribution in [2.24, 2.45) is 0 Å². The van der Waals surface area contributed by atoms with E-state index in [0.717, 1.165) is 31.5 Å². The molecule has 0 saturated carbocycles. The zero-order chi connectivity index (χ0) is 16.5. The first-order valence-electron chi connectivity index (χ1n) is 8.92. The molecule has 2 aromatic carbocycles. The largest absolute Gasteiger partial charge is 0.463 e. The fraction of sp³-hybridized carbons (Fsp3) is 0.381. The van der Waals surface area contributed by atoms with Gasteiger partial charge in [-0.25, -0.2) is 4.79 Å².